The number of rotatable bonds is 3. The highest BCUT2D eigenvalue weighted by atomic mass is 16.5. The SMILES string of the molecule is Cc1cc(=O)oc(C)c1C(=O)OC(C)C(=O)N1CC(C)OC(C)C1. The molecule has 1 saturated heterocycles. The van der Waals surface area contributed by atoms with E-state index in [0.29, 0.717) is 18.7 Å². The van der Waals surface area contributed by atoms with Gasteiger partial charge in [0.2, 0.25) is 0 Å². The summed E-state index contributed by atoms with van der Waals surface area (Å²) in [5.41, 5.74) is 0.113. The molecule has 132 valence electrons. The molecule has 0 saturated carbocycles. The van der Waals surface area contributed by atoms with Crippen molar-refractivity contribution in [3.63, 3.8) is 0 Å². The van der Waals surface area contributed by atoms with Gasteiger partial charge in [-0.2, -0.15) is 0 Å². The van der Waals surface area contributed by atoms with E-state index in [1.54, 1.807) is 11.8 Å². The standard InChI is InChI=1S/C17H23NO6/c1-9-6-14(19)23-12(4)15(9)17(21)24-13(5)16(20)18-7-10(2)22-11(3)8-18/h6,10-11,13H,7-8H2,1-5H3. The van der Waals surface area contributed by atoms with Crippen LogP contribution in [-0.2, 0) is 14.3 Å². The first-order chi connectivity index (χ1) is 11.2. The lowest BCUT2D eigenvalue weighted by molar-refractivity contribution is -0.151. The molecule has 24 heavy (non-hydrogen) atoms. The van der Waals surface area contributed by atoms with Crippen LogP contribution in [0.3, 0.4) is 0 Å². The molecule has 0 bridgehead atoms. The summed E-state index contributed by atoms with van der Waals surface area (Å²) in [6.07, 6.45) is -1.05. The Bertz CT molecular complexity index is 659. The van der Waals surface area contributed by atoms with Crippen molar-refractivity contribution < 1.29 is 23.5 Å². The predicted molar refractivity (Wildman–Crippen MR) is 85.9 cm³/mol. The summed E-state index contributed by atoms with van der Waals surface area (Å²) < 4.78 is 15.8. The second-order valence-electron chi connectivity index (χ2n) is 6.23. The van der Waals surface area contributed by atoms with Crippen LogP contribution in [0.4, 0.5) is 0 Å². The number of ether oxygens (including phenoxy) is 2. The van der Waals surface area contributed by atoms with Crippen LogP contribution in [0, 0.1) is 13.8 Å². The highest BCUT2D eigenvalue weighted by Gasteiger charge is 2.31. The lowest BCUT2D eigenvalue weighted by Crippen LogP contribution is -2.51. The number of nitrogens with zero attached hydrogens (tertiary/aromatic N) is 1. The molecule has 1 aliphatic heterocycles. The summed E-state index contributed by atoms with van der Waals surface area (Å²) in [5, 5.41) is 0. The molecule has 1 aliphatic rings. The second kappa shape index (κ2) is 7.17. The van der Waals surface area contributed by atoms with Gasteiger partial charge in [-0.25, -0.2) is 9.59 Å². The molecule has 0 spiro atoms. The fourth-order valence-corrected chi connectivity index (χ4v) is 2.95. The molecule has 1 aromatic rings. The van der Waals surface area contributed by atoms with E-state index in [1.807, 2.05) is 13.8 Å². The van der Waals surface area contributed by atoms with Crippen molar-refractivity contribution in [1.82, 2.24) is 4.90 Å². The second-order valence-corrected chi connectivity index (χ2v) is 6.23. The number of carbonyl (C=O) groups is 2. The van der Waals surface area contributed by atoms with Crippen LogP contribution >= 0.6 is 0 Å². The first-order valence-corrected chi connectivity index (χ1v) is 7.95. The Labute approximate surface area is 140 Å². The van der Waals surface area contributed by atoms with Crippen LogP contribution in [0.2, 0.25) is 0 Å². The van der Waals surface area contributed by atoms with Crippen LogP contribution in [0.5, 0.6) is 0 Å². The molecule has 3 unspecified atom stereocenters. The highest BCUT2D eigenvalue weighted by Crippen LogP contribution is 2.16. The molecule has 1 fully saturated rings. The molecule has 0 radical (unpaired) electrons. The van der Waals surface area contributed by atoms with Gasteiger partial charge >= 0.3 is 11.6 Å². The Morgan fingerprint density at radius 2 is 1.83 bits per heavy atom. The predicted octanol–water partition coefficient (Wildman–Crippen LogP) is 1.44. The molecule has 1 aromatic heterocycles. The molecule has 7 heteroatoms. The van der Waals surface area contributed by atoms with E-state index < -0.39 is 17.7 Å². The van der Waals surface area contributed by atoms with Crippen molar-refractivity contribution in [3.05, 3.63) is 33.4 Å². The maximum Gasteiger partial charge on any atom is 0.342 e. The van der Waals surface area contributed by atoms with Crippen molar-refractivity contribution in [1.29, 1.82) is 0 Å². The zero-order valence-corrected chi connectivity index (χ0v) is 14.6. The number of morpholine rings is 1. The third kappa shape index (κ3) is 4.03. The summed E-state index contributed by atoms with van der Waals surface area (Å²) in [7, 11) is 0. The average Bonchev–Trinajstić information content (AvgIpc) is 2.44. The third-order valence-electron chi connectivity index (χ3n) is 3.90. The van der Waals surface area contributed by atoms with Gasteiger partial charge in [-0.15, -0.1) is 0 Å². The highest BCUT2D eigenvalue weighted by molar-refractivity contribution is 5.94. The van der Waals surface area contributed by atoms with Gasteiger partial charge in [0.15, 0.2) is 6.10 Å². The van der Waals surface area contributed by atoms with Gasteiger partial charge < -0.3 is 18.8 Å². The third-order valence-corrected chi connectivity index (χ3v) is 3.90. The summed E-state index contributed by atoms with van der Waals surface area (Å²) in [4.78, 5) is 37.8. The van der Waals surface area contributed by atoms with Gasteiger partial charge in [0.05, 0.1) is 12.2 Å². The zero-order valence-electron chi connectivity index (χ0n) is 14.6. The van der Waals surface area contributed by atoms with Crippen molar-refractivity contribution in [2.45, 2.75) is 52.9 Å². The van der Waals surface area contributed by atoms with Crippen molar-refractivity contribution in [3.8, 4) is 0 Å². The Balaban J connectivity index is 2.09. The van der Waals surface area contributed by atoms with Crippen molar-refractivity contribution in [2.24, 2.45) is 0 Å². The van der Waals surface area contributed by atoms with Gasteiger partial charge in [0.1, 0.15) is 11.3 Å². The minimum atomic E-state index is -0.930. The van der Waals surface area contributed by atoms with Gasteiger partial charge in [-0.05, 0) is 40.2 Å². The van der Waals surface area contributed by atoms with Gasteiger partial charge in [0, 0.05) is 19.2 Å². The van der Waals surface area contributed by atoms with E-state index >= 15 is 0 Å². The molecule has 1 amide bonds. The van der Waals surface area contributed by atoms with Gasteiger partial charge in [-0.3, -0.25) is 4.79 Å². The molecule has 0 aromatic carbocycles. The molecular formula is C17H23NO6. The maximum absolute atomic E-state index is 12.5. The maximum atomic E-state index is 12.5. The van der Waals surface area contributed by atoms with Crippen LogP contribution in [0.1, 0.15) is 42.5 Å². The smallest absolute Gasteiger partial charge is 0.342 e. The van der Waals surface area contributed by atoms with E-state index in [2.05, 4.69) is 0 Å². The van der Waals surface area contributed by atoms with Crippen LogP contribution in [-0.4, -0.2) is 48.2 Å². The fraction of sp³-hybridized carbons (Fsp3) is 0.588. The van der Waals surface area contributed by atoms with E-state index in [9.17, 15) is 14.4 Å². The summed E-state index contributed by atoms with van der Waals surface area (Å²) in [6, 6.07) is 1.22. The van der Waals surface area contributed by atoms with Crippen LogP contribution in [0.25, 0.3) is 0 Å². The summed E-state index contributed by atoms with van der Waals surface area (Å²) >= 11 is 0. The number of hydrogen-bond donors (Lipinski definition) is 0. The molecule has 3 atom stereocenters. The Morgan fingerprint density at radius 1 is 1.25 bits per heavy atom. The quantitative estimate of drug-likeness (QED) is 0.776. The Hall–Kier alpha value is -2.15. The summed E-state index contributed by atoms with van der Waals surface area (Å²) in [5.74, 6) is -0.764. The lowest BCUT2D eigenvalue weighted by atomic mass is 10.1. The average molecular weight is 337 g/mol. The minimum absolute atomic E-state index is 0.0616. The lowest BCUT2D eigenvalue weighted by Gasteiger charge is -2.36. The number of amides is 1. The first-order valence-electron chi connectivity index (χ1n) is 7.95. The van der Waals surface area contributed by atoms with E-state index in [0.717, 1.165) is 0 Å². The summed E-state index contributed by atoms with van der Waals surface area (Å²) in [6.45, 7) is 9.39. The van der Waals surface area contributed by atoms with E-state index in [4.69, 9.17) is 13.9 Å². The Morgan fingerprint density at radius 3 is 2.38 bits per heavy atom. The van der Waals surface area contributed by atoms with Crippen LogP contribution in [0.15, 0.2) is 15.3 Å². The number of esters is 1. The Kier molecular flexibility index (Phi) is 5.43. The fourth-order valence-electron chi connectivity index (χ4n) is 2.95. The largest absolute Gasteiger partial charge is 0.449 e. The minimum Gasteiger partial charge on any atom is -0.449 e. The van der Waals surface area contributed by atoms with Crippen molar-refractivity contribution in [2.75, 3.05) is 13.1 Å². The molecular weight excluding hydrogens is 314 g/mol. The van der Waals surface area contributed by atoms with E-state index in [1.165, 1.54) is 19.9 Å². The normalized spacial score (nSPS) is 22.1. The first kappa shape index (κ1) is 18.2. The zero-order chi connectivity index (χ0) is 18.0. The molecule has 2 heterocycles. The molecule has 0 aliphatic carbocycles. The number of hydrogen-bond acceptors (Lipinski definition) is 6. The topological polar surface area (TPSA) is 86.1 Å². The molecule has 2 rings (SSSR count). The number of carbonyl (C=O) groups excluding carboxylic acids is 2. The van der Waals surface area contributed by atoms with Gasteiger partial charge in [-0.1, -0.05) is 0 Å². The molecule has 7 nitrogen and oxygen atoms in total. The molecule has 0 N–H and O–H groups in total. The number of aryl methyl sites for hydroxylation is 2. The van der Waals surface area contributed by atoms with Crippen molar-refractivity contribution >= 4 is 11.9 Å². The monoisotopic (exact) mass is 337 g/mol. The van der Waals surface area contributed by atoms with E-state index in [-0.39, 0.29) is 29.4 Å². The van der Waals surface area contributed by atoms with Crippen LogP contribution < -0.4 is 5.63 Å². The van der Waals surface area contributed by atoms with Gasteiger partial charge in [0.25, 0.3) is 5.91 Å².